The number of benzene rings is 3. The van der Waals surface area contributed by atoms with Gasteiger partial charge in [-0.1, -0.05) is 85.8 Å². The van der Waals surface area contributed by atoms with Crippen LogP contribution in [0, 0.1) is 0 Å². The molecule has 0 unspecified atom stereocenters. The maximum atomic E-state index is 13.8. The number of carbonyl (C=O) groups is 3. The molecule has 0 radical (unpaired) electrons. The predicted octanol–water partition coefficient (Wildman–Crippen LogP) is 6.81. The van der Waals surface area contributed by atoms with E-state index in [1.54, 1.807) is 11.8 Å². The summed E-state index contributed by atoms with van der Waals surface area (Å²) in [7, 11) is 1.41. The molecular weight excluding hydrogens is 669 g/mol. The Balaban J connectivity index is 1.01. The van der Waals surface area contributed by atoms with Crippen LogP contribution in [0.1, 0.15) is 74.9 Å². The molecular formula is C41H46N8O4. The number of likely N-dealkylation sites (N-methyl/N-ethyl adjacent to an activating group) is 2. The predicted molar refractivity (Wildman–Crippen MR) is 203 cm³/mol. The Labute approximate surface area is 309 Å². The van der Waals surface area contributed by atoms with Crippen molar-refractivity contribution >= 4 is 17.9 Å². The van der Waals surface area contributed by atoms with E-state index in [9.17, 15) is 19.5 Å². The van der Waals surface area contributed by atoms with Gasteiger partial charge in [0, 0.05) is 31.9 Å². The van der Waals surface area contributed by atoms with Gasteiger partial charge in [0.25, 0.3) is 0 Å². The number of hydrogen-bond donors (Lipinski definition) is 4. The molecule has 4 atom stereocenters. The summed E-state index contributed by atoms with van der Waals surface area (Å²) in [6, 6.07) is 25.0. The molecule has 0 aliphatic carbocycles. The summed E-state index contributed by atoms with van der Waals surface area (Å²) in [4.78, 5) is 59.5. The molecule has 3 amide bonds. The van der Waals surface area contributed by atoms with Crippen LogP contribution in [0.5, 0.6) is 0 Å². The molecule has 12 nitrogen and oxygen atoms in total. The van der Waals surface area contributed by atoms with E-state index in [0.717, 1.165) is 75.6 Å². The zero-order valence-corrected chi connectivity index (χ0v) is 30.3. The molecule has 0 spiro atoms. The van der Waals surface area contributed by atoms with Crippen molar-refractivity contribution in [3.05, 3.63) is 108 Å². The summed E-state index contributed by atoms with van der Waals surface area (Å²) in [5.74, 6) is 1.37. The fourth-order valence-electron chi connectivity index (χ4n) is 7.55. The van der Waals surface area contributed by atoms with Crippen molar-refractivity contribution in [3.63, 3.8) is 0 Å². The van der Waals surface area contributed by atoms with Gasteiger partial charge in [0.2, 0.25) is 11.8 Å². The molecule has 2 aromatic heterocycles. The topological polar surface area (TPSA) is 151 Å². The van der Waals surface area contributed by atoms with Gasteiger partial charge in [-0.15, -0.1) is 0 Å². The molecule has 12 heteroatoms. The monoisotopic (exact) mass is 714 g/mol. The van der Waals surface area contributed by atoms with Gasteiger partial charge < -0.3 is 30.2 Å². The van der Waals surface area contributed by atoms with E-state index in [-0.39, 0.29) is 29.9 Å². The number of rotatable bonds is 11. The van der Waals surface area contributed by atoms with Gasteiger partial charge in [-0.25, -0.2) is 14.8 Å². The second kappa shape index (κ2) is 15.5. The van der Waals surface area contributed by atoms with Gasteiger partial charge in [-0.3, -0.25) is 14.5 Å². The number of nitrogens with one attached hydrogen (secondary N) is 3. The lowest BCUT2D eigenvalue weighted by Crippen LogP contribution is -2.47. The van der Waals surface area contributed by atoms with E-state index in [1.165, 1.54) is 7.05 Å². The number of amides is 3. The third kappa shape index (κ3) is 7.32. The lowest BCUT2D eigenvalue weighted by Gasteiger charge is -2.29. The molecule has 4 heterocycles. The Bertz CT molecular complexity index is 2040. The van der Waals surface area contributed by atoms with Crippen molar-refractivity contribution in [1.82, 2.24) is 40.0 Å². The second-order valence-electron chi connectivity index (χ2n) is 13.9. The maximum Gasteiger partial charge on any atom is 0.407 e. The van der Waals surface area contributed by atoms with E-state index in [1.807, 2.05) is 66.7 Å². The van der Waals surface area contributed by atoms with Crippen molar-refractivity contribution in [2.45, 2.75) is 63.7 Å². The van der Waals surface area contributed by atoms with Gasteiger partial charge in [0.05, 0.1) is 29.7 Å². The van der Waals surface area contributed by atoms with Crippen LogP contribution in [-0.2, 0) is 9.59 Å². The number of aromatic amines is 2. The number of aromatic nitrogens is 4. The summed E-state index contributed by atoms with van der Waals surface area (Å²) in [6.45, 7) is 5.60. The molecule has 0 bridgehead atoms. The van der Waals surface area contributed by atoms with Crippen LogP contribution in [-0.4, -0.2) is 90.4 Å². The average molecular weight is 715 g/mol. The summed E-state index contributed by atoms with van der Waals surface area (Å²) in [6.07, 6.45) is 5.98. The minimum atomic E-state index is -1.13. The quantitative estimate of drug-likeness (QED) is 0.117. The number of H-pyrrole nitrogens is 2. The van der Waals surface area contributed by atoms with E-state index in [4.69, 9.17) is 9.97 Å². The van der Waals surface area contributed by atoms with E-state index < -0.39 is 12.1 Å². The van der Waals surface area contributed by atoms with Crippen molar-refractivity contribution in [3.8, 4) is 33.6 Å². The Morgan fingerprint density at radius 2 is 1.43 bits per heavy atom. The summed E-state index contributed by atoms with van der Waals surface area (Å²) in [5.41, 5.74) is 6.77. The molecule has 274 valence electrons. The van der Waals surface area contributed by atoms with Crippen molar-refractivity contribution in [2.75, 3.05) is 26.7 Å². The molecule has 0 saturated carbocycles. The van der Waals surface area contributed by atoms with Crippen LogP contribution in [0.3, 0.4) is 0 Å². The average Bonchev–Trinajstić information content (AvgIpc) is 4.03. The Kier molecular flexibility index (Phi) is 10.4. The number of carbonyl (C=O) groups excluding carboxylic acids is 2. The number of imidazole rings is 2. The van der Waals surface area contributed by atoms with Crippen LogP contribution in [0.15, 0.2) is 91.3 Å². The van der Waals surface area contributed by atoms with Gasteiger partial charge in [-0.2, -0.15) is 0 Å². The first kappa shape index (κ1) is 35.6. The minimum Gasteiger partial charge on any atom is -0.465 e. The maximum absolute atomic E-state index is 13.8. The molecule has 7 rings (SSSR count). The normalized spacial score (nSPS) is 18.2. The fraction of sp³-hybridized carbons (Fsp3) is 0.341. The van der Waals surface area contributed by atoms with Crippen molar-refractivity contribution < 1.29 is 19.5 Å². The van der Waals surface area contributed by atoms with Crippen LogP contribution < -0.4 is 5.32 Å². The first-order valence-electron chi connectivity index (χ1n) is 18.4. The number of hydrogen-bond acceptors (Lipinski definition) is 6. The summed E-state index contributed by atoms with van der Waals surface area (Å²) >= 11 is 0. The highest BCUT2D eigenvalue weighted by Crippen LogP contribution is 2.35. The molecule has 4 N–H and O–H groups in total. The molecule has 2 saturated heterocycles. The van der Waals surface area contributed by atoms with Gasteiger partial charge in [-0.05, 0) is 61.4 Å². The largest absolute Gasteiger partial charge is 0.465 e. The SMILES string of the molecule is CCN[C@@H](C(=O)N1CCC[C@H]1c1ncc(-c2ccc(-c3ccc(-c4c[nH]c([C@@H]5CCCN5C(=O)[C@H](C)N(C)C(=O)O)n4)cc3)cc2)[nH]1)c1ccccc1. The first-order valence-corrected chi connectivity index (χ1v) is 18.4. The van der Waals surface area contributed by atoms with Crippen LogP contribution in [0.2, 0.25) is 0 Å². The Hall–Kier alpha value is -5.75. The molecule has 2 aliphatic heterocycles. The van der Waals surface area contributed by atoms with Crippen molar-refractivity contribution in [2.24, 2.45) is 0 Å². The highest BCUT2D eigenvalue weighted by atomic mass is 16.4. The standard InChI is InChI=1S/C41H46N8O4/c1-4-42-36(31-10-6-5-7-11-31)40(51)49-23-9-13-35(49)38-44-25-33(46-38)30-20-16-28(17-21-30)27-14-18-29(19-15-27)32-24-43-37(45-32)34-12-8-22-48(34)39(50)26(2)47(3)41(52)53/h5-7,10-11,14-21,24-26,34-36,42H,4,8-9,12-13,22-23H2,1-3H3,(H,43,45)(H,44,46)(H,52,53)/t26-,34-,35-,36+/m0/s1. The van der Waals surface area contributed by atoms with Crippen LogP contribution in [0.4, 0.5) is 4.79 Å². The highest BCUT2D eigenvalue weighted by Gasteiger charge is 2.37. The van der Waals surface area contributed by atoms with E-state index >= 15 is 0 Å². The number of likely N-dealkylation sites (tertiary alicyclic amines) is 2. The van der Waals surface area contributed by atoms with Crippen LogP contribution in [0.25, 0.3) is 33.6 Å². The molecule has 5 aromatic rings. The second-order valence-corrected chi connectivity index (χ2v) is 13.9. The molecule has 3 aromatic carbocycles. The highest BCUT2D eigenvalue weighted by molar-refractivity contribution is 5.85. The third-order valence-corrected chi connectivity index (χ3v) is 10.6. The lowest BCUT2D eigenvalue weighted by atomic mass is 10.0. The number of nitrogens with zero attached hydrogens (tertiary/aromatic N) is 5. The first-order chi connectivity index (χ1) is 25.7. The van der Waals surface area contributed by atoms with Crippen molar-refractivity contribution in [1.29, 1.82) is 0 Å². The van der Waals surface area contributed by atoms with Crippen LogP contribution >= 0.6 is 0 Å². The Morgan fingerprint density at radius 3 is 2.06 bits per heavy atom. The van der Waals surface area contributed by atoms with Gasteiger partial charge in [0.1, 0.15) is 23.7 Å². The minimum absolute atomic E-state index is 0.0754. The molecule has 2 fully saturated rings. The molecule has 53 heavy (non-hydrogen) atoms. The van der Waals surface area contributed by atoms with E-state index in [0.29, 0.717) is 25.5 Å². The van der Waals surface area contributed by atoms with Gasteiger partial charge in [0.15, 0.2) is 0 Å². The zero-order valence-electron chi connectivity index (χ0n) is 30.3. The lowest BCUT2D eigenvalue weighted by molar-refractivity contribution is -0.136. The fourth-order valence-corrected chi connectivity index (χ4v) is 7.55. The molecule has 2 aliphatic rings. The summed E-state index contributed by atoms with van der Waals surface area (Å²) < 4.78 is 0. The zero-order chi connectivity index (χ0) is 37.1. The Morgan fingerprint density at radius 1 is 0.849 bits per heavy atom. The third-order valence-electron chi connectivity index (χ3n) is 10.6. The smallest absolute Gasteiger partial charge is 0.407 e. The summed E-state index contributed by atoms with van der Waals surface area (Å²) in [5, 5.41) is 12.7. The van der Waals surface area contributed by atoms with Gasteiger partial charge >= 0.3 is 6.09 Å². The number of carboxylic acid groups (broad SMARTS) is 1. The van der Waals surface area contributed by atoms with E-state index in [2.05, 4.69) is 51.7 Å².